The molecule has 8 nitrogen and oxygen atoms in total. The zero-order valence-corrected chi connectivity index (χ0v) is 27.1. The topological polar surface area (TPSA) is 96.4 Å². The molecule has 3 unspecified atom stereocenters. The summed E-state index contributed by atoms with van der Waals surface area (Å²) in [6, 6.07) is 11.8. The molecule has 1 saturated carbocycles. The number of methoxy groups -OCH3 is 1. The molecule has 1 N–H and O–H groups in total. The fourth-order valence-electron chi connectivity index (χ4n) is 7.01. The van der Waals surface area contributed by atoms with Crippen LogP contribution in [0.2, 0.25) is 5.02 Å². The molecule has 2 aromatic rings. The van der Waals surface area contributed by atoms with Gasteiger partial charge in [0, 0.05) is 43.5 Å². The molecule has 0 bridgehead atoms. The molecule has 2 aromatic carbocycles. The Hall–Kier alpha value is -2.62. The van der Waals surface area contributed by atoms with E-state index in [0.29, 0.717) is 30.6 Å². The van der Waals surface area contributed by atoms with E-state index in [0.717, 1.165) is 61.7 Å². The normalized spacial score (nSPS) is 24.8. The molecule has 1 amide bonds. The number of benzene rings is 2. The van der Waals surface area contributed by atoms with E-state index < -0.39 is 16.3 Å². The van der Waals surface area contributed by atoms with Crippen LogP contribution in [0.1, 0.15) is 67.4 Å². The average Bonchev–Trinajstić information content (AvgIpc) is 3.13. The maximum Gasteiger partial charge on any atom is 0.337 e. The largest absolute Gasteiger partial charge is 0.490 e. The zero-order valence-electron chi connectivity index (χ0n) is 25.5. The van der Waals surface area contributed by atoms with E-state index in [1.807, 2.05) is 32.2 Å². The predicted molar refractivity (Wildman–Crippen MR) is 169 cm³/mol. The Morgan fingerprint density at radius 2 is 1.98 bits per heavy atom. The third-order valence-corrected chi connectivity index (χ3v) is 11.4. The third kappa shape index (κ3) is 6.74. The first-order chi connectivity index (χ1) is 20.5. The van der Waals surface area contributed by atoms with Crippen molar-refractivity contribution in [3.05, 3.63) is 58.1 Å². The Kier molecular flexibility index (Phi) is 9.73. The van der Waals surface area contributed by atoms with E-state index in [1.54, 1.807) is 17.9 Å². The van der Waals surface area contributed by atoms with Gasteiger partial charge in [-0.05, 0) is 98.2 Å². The highest BCUT2D eigenvalue weighted by molar-refractivity contribution is 7.79. The van der Waals surface area contributed by atoms with E-state index >= 15 is 0 Å². The van der Waals surface area contributed by atoms with Gasteiger partial charge in [-0.15, -0.1) is 0 Å². The van der Waals surface area contributed by atoms with Gasteiger partial charge in [-0.25, -0.2) is 9.00 Å². The highest BCUT2D eigenvalue weighted by Crippen LogP contribution is 2.46. The van der Waals surface area contributed by atoms with Crippen molar-refractivity contribution >= 4 is 40.2 Å². The Labute approximate surface area is 262 Å². The molecular formula is C33H43ClN2O6S. The first-order valence-electron chi connectivity index (χ1n) is 15.2. The fourth-order valence-corrected chi connectivity index (χ4v) is 7.70. The zero-order chi connectivity index (χ0) is 30.9. The monoisotopic (exact) mass is 630 g/mol. The minimum absolute atomic E-state index is 0.00288. The van der Waals surface area contributed by atoms with Gasteiger partial charge >= 0.3 is 5.97 Å². The molecule has 1 spiro atoms. The first-order valence-corrected chi connectivity index (χ1v) is 16.8. The van der Waals surface area contributed by atoms with Crippen LogP contribution in [0.25, 0.3) is 0 Å². The maximum absolute atomic E-state index is 13.0. The molecule has 43 heavy (non-hydrogen) atoms. The number of carbonyl (C=O) groups excluding carboxylic acids is 2. The number of amides is 1. The minimum Gasteiger partial charge on any atom is -0.490 e. The number of hydrogen-bond donors (Lipinski definition) is 1. The van der Waals surface area contributed by atoms with E-state index in [-0.39, 0.29) is 29.6 Å². The van der Waals surface area contributed by atoms with Crippen LogP contribution in [-0.4, -0.2) is 71.2 Å². The summed E-state index contributed by atoms with van der Waals surface area (Å²) in [4.78, 5) is 29.7. The van der Waals surface area contributed by atoms with Gasteiger partial charge in [-0.1, -0.05) is 24.6 Å². The fraction of sp³-hybridized carbons (Fsp3) is 0.576. The number of nitrogens with zero attached hydrogens (tertiary/aromatic N) is 2. The maximum atomic E-state index is 13.0. The van der Waals surface area contributed by atoms with Crippen LogP contribution in [0.3, 0.4) is 0 Å². The smallest absolute Gasteiger partial charge is 0.337 e. The summed E-state index contributed by atoms with van der Waals surface area (Å²) in [6.07, 6.45) is 5.39. The van der Waals surface area contributed by atoms with Crippen molar-refractivity contribution in [2.75, 3.05) is 45.3 Å². The van der Waals surface area contributed by atoms with Crippen molar-refractivity contribution in [2.45, 2.75) is 63.0 Å². The second kappa shape index (κ2) is 13.2. The standard InChI is InChI=1S/C33H43ClN2O6S/c1-21(22(2)43(39)40)14-31(37)35(3)17-25-7-8-26(25)18-36-19-33(13-5-6-23-15-27(34)10-11-28(23)33)20-42-30-12-9-24(16-29(30)36)32(38)41-4/h9-12,15-16,21-22,25-26H,5-8,13-14,17-20H2,1-4H3,(H,39,40)/t21?,22?,25-,26-,33-/m0/s1. The van der Waals surface area contributed by atoms with Crippen LogP contribution in [-0.2, 0) is 32.4 Å². The summed E-state index contributed by atoms with van der Waals surface area (Å²) in [5, 5.41) is 0.292. The molecule has 2 aliphatic carbocycles. The molecule has 5 rings (SSSR count). The number of fused-ring (bicyclic) bond motifs is 3. The summed E-state index contributed by atoms with van der Waals surface area (Å²) in [7, 11) is 3.23. The second-order valence-corrected chi connectivity index (χ2v) is 14.5. The molecular weight excluding hydrogens is 588 g/mol. The number of carbonyl (C=O) groups is 2. The van der Waals surface area contributed by atoms with Crippen molar-refractivity contribution in [1.29, 1.82) is 0 Å². The highest BCUT2D eigenvalue weighted by Gasteiger charge is 2.43. The minimum atomic E-state index is -1.95. The van der Waals surface area contributed by atoms with Gasteiger partial charge in [-0.3, -0.25) is 4.79 Å². The van der Waals surface area contributed by atoms with E-state index in [2.05, 4.69) is 17.0 Å². The van der Waals surface area contributed by atoms with Crippen LogP contribution in [0.5, 0.6) is 5.75 Å². The van der Waals surface area contributed by atoms with Crippen molar-refractivity contribution in [1.82, 2.24) is 4.90 Å². The van der Waals surface area contributed by atoms with Crippen LogP contribution in [0.4, 0.5) is 5.69 Å². The highest BCUT2D eigenvalue weighted by atomic mass is 35.5. The van der Waals surface area contributed by atoms with Crippen molar-refractivity contribution < 1.29 is 27.8 Å². The summed E-state index contributed by atoms with van der Waals surface area (Å²) >= 11 is 4.44. The van der Waals surface area contributed by atoms with E-state index in [4.69, 9.17) is 21.1 Å². The van der Waals surface area contributed by atoms with Crippen molar-refractivity contribution in [2.24, 2.45) is 17.8 Å². The van der Waals surface area contributed by atoms with Crippen LogP contribution < -0.4 is 9.64 Å². The number of aryl methyl sites for hydroxylation is 1. The Bertz CT molecular complexity index is 1390. The van der Waals surface area contributed by atoms with Gasteiger partial charge in [-0.2, -0.15) is 0 Å². The van der Waals surface area contributed by atoms with Crippen molar-refractivity contribution in [3.63, 3.8) is 0 Å². The quantitative estimate of drug-likeness (QED) is 0.280. The van der Waals surface area contributed by atoms with Gasteiger partial charge in [0.1, 0.15) is 5.75 Å². The molecule has 1 aliphatic heterocycles. The second-order valence-electron chi connectivity index (χ2n) is 12.8. The van der Waals surface area contributed by atoms with Crippen LogP contribution in [0, 0.1) is 17.8 Å². The average molecular weight is 631 g/mol. The summed E-state index contributed by atoms with van der Waals surface area (Å²) in [5.41, 5.74) is 3.74. The Morgan fingerprint density at radius 1 is 1.21 bits per heavy atom. The number of halogens is 1. The Balaban J connectivity index is 1.38. The van der Waals surface area contributed by atoms with E-state index in [1.165, 1.54) is 18.2 Å². The number of hydrogen-bond acceptors (Lipinski definition) is 6. The third-order valence-electron chi connectivity index (χ3n) is 10.0. The van der Waals surface area contributed by atoms with Gasteiger partial charge in [0.25, 0.3) is 0 Å². The lowest BCUT2D eigenvalue weighted by Crippen LogP contribution is -2.49. The SMILES string of the molecule is COC(=O)c1ccc2c(c1)N(C[C@@H]1CC[C@H]1CN(C)C(=O)CC(C)C(C)S(=O)O)C[C@@]1(CCCc3cc(Cl)ccc31)CO2. The number of anilines is 1. The first kappa shape index (κ1) is 31.8. The molecule has 0 saturated heterocycles. The lowest BCUT2D eigenvalue weighted by molar-refractivity contribution is -0.132. The summed E-state index contributed by atoms with van der Waals surface area (Å²) < 4.78 is 32.5. The molecule has 6 atom stereocenters. The van der Waals surface area contributed by atoms with Crippen LogP contribution >= 0.6 is 11.6 Å². The lowest BCUT2D eigenvalue weighted by atomic mass is 9.69. The molecule has 3 aliphatic rings. The van der Waals surface area contributed by atoms with Gasteiger partial charge in [0.2, 0.25) is 5.91 Å². The molecule has 10 heteroatoms. The molecule has 234 valence electrons. The molecule has 1 heterocycles. The molecule has 0 radical (unpaired) electrons. The number of ether oxygens (including phenoxy) is 2. The lowest BCUT2D eigenvalue weighted by Gasteiger charge is -2.45. The van der Waals surface area contributed by atoms with Gasteiger partial charge in [0.15, 0.2) is 11.1 Å². The van der Waals surface area contributed by atoms with Gasteiger partial charge < -0.3 is 23.8 Å². The van der Waals surface area contributed by atoms with E-state index in [9.17, 15) is 18.4 Å². The van der Waals surface area contributed by atoms with Crippen LogP contribution in [0.15, 0.2) is 36.4 Å². The Morgan fingerprint density at radius 3 is 2.67 bits per heavy atom. The number of rotatable bonds is 9. The molecule has 0 aromatic heterocycles. The summed E-state index contributed by atoms with van der Waals surface area (Å²) in [6.45, 7) is 6.30. The summed E-state index contributed by atoms with van der Waals surface area (Å²) in [5.74, 6) is 0.920. The van der Waals surface area contributed by atoms with Crippen molar-refractivity contribution in [3.8, 4) is 5.75 Å². The van der Waals surface area contributed by atoms with Gasteiger partial charge in [0.05, 0.1) is 30.2 Å². The molecule has 1 fully saturated rings. The predicted octanol–water partition coefficient (Wildman–Crippen LogP) is 5.72. The number of esters is 1.